The van der Waals surface area contributed by atoms with E-state index in [1.807, 2.05) is 30.4 Å². The molecule has 2 aliphatic rings. The molecular formula is C14H15NO2. The Morgan fingerprint density at radius 1 is 1.29 bits per heavy atom. The lowest BCUT2D eigenvalue weighted by Gasteiger charge is -2.36. The van der Waals surface area contributed by atoms with Crippen LogP contribution < -0.4 is 5.32 Å². The molecule has 3 rings (SSSR count). The molecule has 1 aromatic rings. The molecule has 1 fully saturated rings. The Morgan fingerprint density at radius 3 is 2.82 bits per heavy atom. The van der Waals surface area contributed by atoms with Gasteiger partial charge in [-0.15, -0.1) is 0 Å². The molecule has 88 valence electrons. The third-order valence-electron chi connectivity index (χ3n) is 3.81. The van der Waals surface area contributed by atoms with Crippen LogP contribution in [0.5, 0.6) is 0 Å². The highest BCUT2D eigenvalue weighted by Gasteiger charge is 2.48. The number of rotatable bonds is 1. The fourth-order valence-corrected chi connectivity index (χ4v) is 2.96. The van der Waals surface area contributed by atoms with Crippen molar-refractivity contribution in [2.75, 3.05) is 0 Å². The molecular weight excluding hydrogens is 214 g/mol. The van der Waals surface area contributed by atoms with Gasteiger partial charge in [0.05, 0.1) is 6.10 Å². The first-order valence-corrected chi connectivity index (χ1v) is 5.93. The molecule has 0 unspecified atom stereocenters. The Morgan fingerprint density at radius 2 is 2.06 bits per heavy atom. The van der Waals surface area contributed by atoms with Crippen molar-refractivity contribution in [2.24, 2.45) is 0 Å². The summed E-state index contributed by atoms with van der Waals surface area (Å²) in [5.41, 5.74) is 0.879. The van der Waals surface area contributed by atoms with Gasteiger partial charge in [0.2, 0.25) is 5.91 Å². The summed E-state index contributed by atoms with van der Waals surface area (Å²) in [6, 6.07) is 10.1. The van der Waals surface area contributed by atoms with E-state index in [1.165, 1.54) is 0 Å². The maximum absolute atomic E-state index is 11.7. The molecule has 0 spiro atoms. The van der Waals surface area contributed by atoms with E-state index in [0.29, 0.717) is 12.8 Å². The maximum Gasteiger partial charge on any atom is 0.221 e. The number of nitrogens with one attached hydrogen (secondary N) is 1. The smallest absolute Gasteiger partial charge is 0.221 e. The van der Waals surface area contributed by atoms with Crippen LogP contribution in [0.25, 0.3) is 0 Å². The second-order valence-electron chi connectivity index (χ2n) is 4.87. The monoisotopic (exact) mass is 229 g/mol. The lowest BCUT2D eigenvalue weighted by atomic mass is 9.69. The summed E-state index contributed by atoms with van der Waals surface area (Å²) in [5, 5.41) is 12.6. The first-order chi connectivity index (χ1) is 8.21. The highest BCUT2D eigenvalue weighted by Crippen LogP contribution is 2.41. The van der Waals surface area contributed by atoms with Gasteiger partial charge in [-0.3, -0.25) is 4.79 Å². The third kappa shape index (κ3) is 1.58. The van der Waals surface area contributed by atoms with Crippen LogP contribution in [0.4, 0.5) is 0 Å². The van der Waals surface area contributed by atoms with Crippen LogP contribution in [0, 0.1) is 0 Å². The van der Waals surface area contributed by atoms with Crippen molar-refractivity contribution in [2.45, 2.75) is 30.4 Å². The molecule has 1 aliphatic heterocycles. The van der Waals surface area contributed by atoms with Crippen LogP contribution in [-0.4, -0.2) is 23.2 Å². The summed E-state index contributed by atoms with van der Waals surface area (Å²) in [4.78, 5) is 11.7. The number of amides is 1. The number of benzene rings is 1. The molecule has 3 nitrogen and oxygen atoms in total. The quantitative estimate of drug-likeness (QED) is 0.709. The van der Waals surface area contributed by atoms with Crippen molar-refractivity contribution in [3.8, 4) is 0 Å². The molecule has 1 aromatic carbocycles. The van der Waals surface area contributed by atoms with Gasteiger partial charge in [-0.05, 0) is 12.0 Å². The van der Waals surface area contributed by atoms with E-state index in [1.54, 1.807) is 0 Å². The molecule has 0 radical (unpaired) electrons. The summed E-state index contributed by atoms with van der Waals surface area (Å²) in [6.07, 6.45) is 4.43. The van der Waals surface area contributed by atoms with Crippen molar-refractivity contribution < 1.29 is 9.90 Å². The van der Waals surface area contributed by atoms with E-state index in [2.05, 4.69) is 17.4 Å². The van der Waals surface area contributed by atoms with Crippen LogP contribution in [0.15, 0.2) is 42.5 Å². The molecule has 3 heteroatoms. The van der Waals surface area contributed by atoms with Crippen molar-refractivity contribution in [1.82, 2.24) is 5.32 Å². The highest BCUT2D eigenvalue weighted by molar-refractivity contribution is 5.82. The topological polar surface area (TPSA) is 49.3 Å². The molecule has 0 aromatic heterocycles. The second-order valence-corrected chi connectivity index (χ2v) is 4.87. The molecule has 3 atom stereocenters. The first-order valence-electron chi connectivity index (χ1n) is 5.93. The van der Waals surface area contributed by atoms with Gasteiger partial charge in [-0.1, -0.05) is 42.5 Å². The average molecular weight is 229 g/mol. The molecule has 2 N–H and O–H groups in total. The van der Waals surface area contributed by atoms with E-state index in [9.17, 15) is 9.90 Å². The number of hydrogen-bond acceptors (Lipinski definition) is 2. The van der Waals surface area contributed by atoms with E-state index in [4.69, 9.17) is 0 Å². The molecule has 1 heterocycles. The van der Waals surface area contributed by atoms with Crippen LogP contribution in [0.1, 0.15) is 18.4 Å². The summed E-state index contributed by atoms with van der Waals surface area (Å²) >= 11 is 0. The van der Waals surface area contributed by atoms with Crippen molar-refractivity contribution >= 4 is 5.91 Å². The van der Waals surface area contributed by atoms with Crippen molar-refractivity contribution in [3.63, 3.8) is 0 Å². The first kappa shape index (κ1) is 10.5. The maximum atomic E-state index is 11.7. The zero-order chi connectivity index (χ0) is 11.9. The number of aliphatic hydroxyl groups excluding tert-OH is 1. The normalized spacial score (nSPS) is 35.5. The summed E-state index contributed by atoms with van der Waals surface area (Å²) in [7, 11) is 0. The Bertz CT molecular complexity index is 468. The predicted molar refractivity (Wildman–Crippen MR) is 64.4 cm³/mol. The SMILES string of the molecule is O=C1C[C@@]2(c3ccccc3)C=C[C@H](O)C[C@H]2N1. The van der Waals surface area contributed by atoms with Gasteiger partial charge in [0.15, 0.2) is 0 Å². The number of aliphatic hydroxyl groups is 1. The zero-order valence-electron chi connectivity index (χ0n) is 9.47. The molecule has 1 amide bonds. The van der Waals surface area contributed by atoms with Gasteiger partial charge in [0.1, 0.15) is 0 Å². The molecule has 0 bridgehead atoms. The summed E-state index contributed by atoms with van der Waals surface area (Å²) in [6.45, 7) is 0. The van der Waals surface area contributed by atoms with Crippen LogP contribution in [0.3, 0.4) is 0 Å². The van der Waals surface area contributed by atoms with E-state index in [-0.39, 0.29) is 17.4 Å². The van der Waals surface area contributed by atoms with Crippen molar-refractivity contribution in [3.05, 3.63) is 48.0 Å². The number of carbonyl (C=O) groups excluding carboxylic acids is 1. The minimum Gasteiger partial charge on any atom is -0.389 e. The largest absolute Gasteiger partial charge is 0.389 e. The standard InChI is InChI=1S/C14H15NO2/c16-11-6-7-14(10-4-2-1-3-5-10)9-13(17)15-12(14)8-11/h1-7,11-12,16H,8-9H2,(H,15,17)/t11-,12+,14+/m0/s1. The van der Waals surface area contributed by atoms with Gasteiger partial charge < -0.3 is 10.4 Å². The van der Waals surface area contributed by atoms with E-state index in [0.717, 1.165) is 5.56 Å². The zero-order valence-corrected chi connectivity index (χ0v) is 9.47. The average Bonchev–Trinajstić information content (AvgIpc) is 2.67. The summed E-state index contributed by atoms with van der Waals surface area (Å²) < 4.78 is 0. The minimum atomic E-state index is -0.449. The Labute approximate surface area is 100 Å². The van der Waals surface area contributed by atoms with Crippen molar-refractivity contribution in [1.29, 1.82) is 0 Å². The van der Waals surface area contributed by atoms with E-state index >= 15 is 0 Å². The van der Waals surface area contributed by atoms with Gasteiger partial charge in [-0.2, -0.15) is 0 Å². The number of fused-ring (bicyclic) bond motifs is 1. The van der Waals surface area contributed by atoms with Gasteiger partial charge in [-0.25, -0.2) is 0 Å². The third-order valence-corrected chi connectivity index (χ3v) is 3.81. The van der Waals surface area contributed by atoms with Crippen LogP contribution in [0.2, 0.25) is 0 Å². The molecule has 1 saturated heterocycles. The summed E-state index contributed by atoms with van der Waals surface area (Å²) in [5.74, 6) is 0.0672. The minimum absolute atomic E-state index is 0.0115. The van der Waals surface area contributed by atoms with Gasteiger partial charge in [0, 0.05) is 17.9 Å². The Balaban J connectivity index is 2.09. The Kier molecular flexibility index (Phi) is 2.30. The fourth-order valence-electron chi connectivity index (χ4n) is 2.96. The number of carbonyl (C=O) groups is 1. The lowest BCUT2D eigenvalue weighted by Crippen LogP contribution is -2.44. The number of hydrogen-bond donors (Lipinski definition) is 2. The van der Waals surface area contributed by atoms with E-state index < -0.39 is 6.10 Å². The van der Waals surface area contributed by atoms with Crippen LogP contribution in [-0.2, 0) is 10.2 Å². The molecule has 1 aliphatic carbocycles. The van der Waals surface area contributed by atoms with Gasteiger partial charge in [0.25, 0.3) is 0 Å². The fraction of sp³-hybridized carbons (Fsp3) is 0.357. The molecule has 0 saturated carbocycles. The predicted octanol–water partition coefficient (Wildman–Crippen LogP) is 1.13. The van der Waals surface area contributed by atoms with Gasteiger partial charge >= 0.3 is 0 Å². The second kappa shape index (κ2) is 3.70. The molecule has 17 heavy (non-hydrogen) atoms. The Hall–Kier alpha value is -1.61. The lowest BCUT2D eigenvalue weighted by molar-refractivity contribution is -0.119. The van der Waals surface area contributed by atoms with Crippen LogP contribution >= 0.6 is 0 Å². The highest BCUT2D eigenvalue weighted by atomic mass is 16.3.